The second-order valence-corrected chi connectivity index (χ2v) is 7.63. The standard InChI is InChI=1S/C17H23ClN4OS/c1-13(2)16-19-20-17(24-16)22-9-7-21(8-10-22)11-12-23-15-5-3-14(18)4-6-15/h3-6,13H,7-12H2,1-2H3. The van der Waals surface area contributed by atoms with Crippen molar-refractivity contribution in [3.8, 4) is 5.75 Å². The first-order valence-electron chi connectivity index (χ1n) is 8.31. The molecule has 1 fully saturated rings. The molecular weight excluding hydrogens is 344 g/mol. The van der Waals surface area contributed by atoms with Crippen LogP contribution in [-0.2, 0) is 0 Å². The molecule has 0 aliphatic carbocycles. The highest BCUT2D eigenvalue weighted by Crippen LogP contribution is 2.26. The Morgan fingerprint density at radius 2 is 1.83 bits per heavy atom. The summed E-state index contributed by atoms with van der Waals surface area (Å²) in [5.74, 6) is 1.32. The van der Waals surface area contributed by atoms with Gasteiger partial charge in [-0.2, -0.15) is 0 Å². The first-order valence-corrected chi connectivity index (χ1v) is 9.50. The molecule has 0 atom stereocenters. The predicted octanol–water partition coefficient (Wildman–Crippen LogP) is 3.52. The molecule has 1 aliphatic heterocycles. The van der Waals surface area contributed by atoms with E-state index in [2.05, 4.69) is 33.8 Å². The second kappa shape index (κ2) is 8.14. The lowest BCUT2D eigenvalue weighted by atomic mass is 10.2. The average molecular weight is 367 g/mol. The number of piperazine rings is 1. The molecule has 0 N–H and O–H groups in total. The SMILES string of the molecule is CC(C)c1nnc(N2CCN(CCOc3ccc(Cl)cc3)CC2)s1. The molecule has 1 aromatic carbocycles. The molecule has 0 bridgehead atoms. The van der Waals surface area contributed by atoms with Crippen molar-refractivity contribution in [2.45, 2.75) is 19.8 Å². The number of nitrogens with zero attached hydrogens (tertiary/aromatic N) is 4. The third kappa shape index (κ3) is 4.59. The third-order valence-corrected chi connectivity index (χ3v) is 5.59. The minimum Gasteiger partial charge on any atom is -0.492 e. The maximum Gasteiger partial charge on any atom is 0.208 e. The smallest absolute Gasteiger partial charge is 0.208 e. The van der Waals surface area contributed by atoms with Gasteiger partial charge in [-0.05, 0) is 24.3 Å². The van der Waals surface area contributed by atoms with E-state index in [9.17, 15) is 0 Å². The summed E-state index contributed by atoms with van der Waals surface area (Å²) in [6.07, 6.45) is 0. The van der Waals surface area contributed by atoms with Gasteiger partial charge >= 0.3 is 0 Å². The molecule has 2 aromatic rings. The van der Waals surface area contributed by atoms with Gasteiger partial charge in [-0.1, -0.05) is 36.8 Å². The molecule has 2 heterocycles. The van der Waals surface area contributed by atoms with Crippen LogP contribution in [0.5, 0.6) is 5.75 Å². The molecule has 5 nitrogen and oxygen atoms in total. The minimum absolute atomic E-state index is 0.447. The molecule has 0 spiro atoms. The predicted molar refractivity (Wildman–Crippen MR) is 99.6 cm³/mol. The zero-order chi connectivity index (χ0) is 16.9. The van der Waals surface area contributed by atoms with Crippen molar-refractivity contribution in [3.63, 3.8) is 0 Å². The van der Waals surface area contributed by atoms with Crippen molar-refractivity contribution in [1.82, 2.24) is 15.1 Å². The fourth-order valence-electron chi connectivity index (χ4n) is 2.57. The van der Waals surface area contributed by atoms with Crippen LogP contribution < -0.4 is 9.64 Å². The van der Waals surface area contributed by atoms with Gasteiger partial charge in [-0.25, -0.2) is 0 Å². The van der Waals surface area contributed by atoms with Crippen molar-refractivity contribution >= 4 is 28.1 Å². The van der Waals surface area contributed by atoms with Crippen molar-refractivity contribution < 1.29 is 4.74 Å². The van der Waals surface area contributed by atoms with Gasteiger partial charge in [0.1, 0.15) is 17.4 Å². The monoisotopic (exact) mass is 366 g/mol. The number of aromatic nitrogens is 2. The summed E-state index contributed by atoms with van der Waals surface area (Å²) < 4.78 is 5.77. The maximum absolute atomic E-state index is 5.87. The summed E-state index contributed by atoms with van der Waals surface area (Å²) in [5.41, 5.74) is 0. The van der Waals surface area contributed by atoms with Crippen LogP contribution in [0.3, 0.4) is 0 Å². The van der Waals surface area contributed by atoms with Crippen LogP contribution in [0.15, 0.2) is 24.3 Å². The van der Waals surface area contributed by atoms with E-state index in [4.69, 9.17) is 16.3 Å². The fraction of sp³-hybridized carbons (Fsp3) is 0.529. The van der Waals surface area contributed by atoms with E-state index in [1.165, 1.54) is 0 Å². The quantitative estimate of drug-likeness (QED) is 0.782. The van der Waals surface area contributed by atoms with Crippen molar-refractivity contribution in [3.05, 3.63) is 34.3 Å². The lowest BCUT2D eigenvalue weighted by molar-refractivity contribution is 0.200. The molecule has 0 unspecified atom stereocenters. The van der Waals surface area contributed by atoms with Crippen LogP contribution in [0.2, 0.25) is 5.02 Å². The summed E-state index contributed by atoms with van der Waals surface area (Å²) in [7, 11) is 0. The average Bonchev–Trinajstić information content (AvgIpc) is 3.08. The summed E-state index contributed by atoms with van der Waals surface area (Å²) in [4.78, 5) is 4.76. The largest absolute Gasteiger partial charge is 0.492 e. The second-order valence-electron chi connectivity index (χ2n) is 6.21. The molecule has 1 saturated heterocycles. The van der Waals surface area contributed by atoms with Gasteiger partial charge in [0.2, 0.25) is 5.13 Å². The number of hydrogen-bond acceptors (Lipinski definition) is 6. The lowest BCUT2D eigenvalue weighted by Crippen LogP contribution is -2.47. The normalized spacial score (nSPS) is 15.9. The van der Waals surface area contributed by atoms with Crippen molar-refractivity contribution in [2.75, 3.05) is 44.2 Å². The third-order valence-electron chi connectivity index (χ3n) is 4.06. The zero-order valence-electron chi connectivity index (χ0n) is 14.1. The van der Waals surface area contributed by atoms with E-state index in [0.29, 0.717) is 12.5 Å². The highest BCUT2D eigenvalue weighted by Gasteiger charge is 2.20. The molecule has 0 radical (unpaired) electrons. The van der Waals surface area contributed by atoms with E-state index >= 15 is 0 Å². The summed E-state index contributed by atoms with van der Waals surface area (Å²) >= 11 is 7.59. The molecule has 0 saturated carbocycles. The molecule has 1 aromatic heterocycles. The molecule has 1 aliphatic rings. The van der Waals surface area contributed by atoms with Crippen molar-refractivity contribution in [1.29, 1.82) is 0 Å². The van der Waals surface area contributed by atoms with E-state index < -0.39 is 0 Å². The number of rotatable bonds is 6. The van der Waals surface area contributed by atoms with Gasteiger partial charge in [0, 0.05) is 43.7 Å². The van der Waals surface area contributed by atoms with E-state index in [1.807, 2.05) is 24.3 Å². The number of ether oxygens (including phenoxy) is 1. The first-order chi connectivity index (χ1) is 11.6. The Bertz CT molecular complexity index is 638. The van der Waals surface area contributed by atoms with Gasteiger partial charge in [0.05, 0.1) is 0 Å². The van der Waals surface area contributed by atoms with E-state index in [1.54, 1.807) is 11.3 Å². The molecule has 0 amide bonds. The highest BCUT2D eigenvalue weighted by molar-refractivity contribution is 7.15. The molecule has 24 heavy (non-hydrogen) atoms. The molecular formula is C17H23ClN4OS. The van der Waals surface area contributed by atoms with E-state index in [-0.39, 0.29) is 0 Å². The fourth-order valence-corrected chi connectivity index (χ4v) is 3.60. The van der Waals surface area contributed by atoms with Crippen LogP contribution in [-0.4, -0.2) is 54.4 Å². The molecule has 130 valence electrons. The Labute approximate surface area is 152 Å². The Kier molecular flexibility index (Phi) is 5.92. The Balaban J connectivity index is 1.41. The summed E-state index contributed by atoms with van der Waals surface area (Å²) in [6.45, 7) is 9.98. The number of anilines is 1. The van der Waals surface area contributed by atoms with Gasteiger partial charge in [0.25, 0.3) is 0 Å². The number of hydrogen-bond donors (Lipinski definition) is 0. The van der Waals surface area contributed by atoms with Gasteiger partial charge < -0.3 is 9.64 Å². The number of benzene rings is 1. The maximum atomic E-state index is 5.87. The highest BCUT2D eigenvalue weighted by atomic mass is 35.5. The Morgan fingerprint density at radius 3 is 2.46 bits per heavy atom. The van der Waals surface area contributed by atoms with Gasteiger partial charge in [-0.3, -0.25) is 4.90 Å². The van der Waals surface area contributed by atoms with Crippen LogP contribution in [0.4, 0.5) is 5.13 Å². The minimum atomic E-state index is 0.447. The molecule has 7 heteroatoms. The van der Waals surface area contributed by atoms with Gasteiger partial charge in [-0.15, -0.1) is 10.2 Å². The Morgan fingerprint density at radius 1 is 1.12 bits per heavy atom. The molecule has 3 rings (SSSR count). The summed E-state index contributed by atoms with van der Waals surface area (Å²) in [6, 6.07) is 7.51. The van der Waals surface area contributed by atoms with Crippen molar-refractivity contribution in [2.24, 2.45) is 0 Å². The van der Waals surface area contributed by atoms with Crippen LogP contribution in [0.1, 0.15) is 24.8 Å². The Hall–Kier alpha value is -1.37. The van der Waals surface area contributed by atoms with Crippen LogP contribution in [0, 0.1) is 0 Å². The van der Waals surface area contributed by atoms with Crippen LogP contribution in [0.25, 0.3) is 0 Å². The zero-order valence-corrected chi connectivity index (χ0v) is 15.7. The first kappa shape index (κ1) is 17.5. The topological polar surface area (TPSA) is 41.5 Å². The summed E-state index contributed by atoms with van der Waals surface area (Å²) in [5, 5.41) is 11.5. The lowest BCUT2D eigenvalue weighted by Gasteiger charge is -2.34. The van der Waals surface area contributed by atoms with Gasteiger partial charge in [0.15, 0.2) is 0 Å². The number of halogens is 1. The van der Waals surface area contributed by atoms with Crippen LogP contribution >= 0.6 is 22.9 Å². The van der Waals surface area contributed by atoms with E-state index in [0.717, 1.165) is 53.6 Å².